The molecule has 1 aliphatic heterocycles. The molecule has 5 rings (SSSR count). The molecule has 2 aromatic heterocycles. The summed E-state index contributed by atoms with van der Waals surface area (Å²) in [5, 5.41) is 4.07. The molecule has 1 amide bonds. The number of carbonyl (C=O) groups is 1. The summed E-state index contributed by atoms with van der Waals surface area (Å²) in [6.45, 7) is 3.46. The molecule has 176 valence electrons. The first-order valence-corrected chi connectivity index (χ1v) is 11.2. The topological polar surface area (TPSA) is 107 Å². The highest BCUT2D eigenvalue weighted by Gasteiger charge is 2.23. The van der Waals surface area contributed by atoms with E-state index in [1.165, 1.54) is 4.57 Å². The molecule has 0 aliphatic carbocycles. The van der Waals surface area contributed by atoms with Crippen LogP contribution in [0.1, 0.15) is 12.3 Å². The van der Waals surface area contributed by atoms with Crippen molar-refractivity contribution >= 4 is 17.0 Å². The van der Waals surface area contributed by atoms with Gasteiger partial charge < -0.3 is 18.6 Å². The number of amides is 1. The highest BCUT2D eigenvalue weighted by atomic mass is 16.5. The number of oxazole rings is 1. The van der Waals surface area contributed by atoms with Gasteiger partial charge in [0.05, 0.1) is 19.2 Å². The van der Waals surface area contributed by atoms with Gasteiger partial charge in [-0.05, 0) is 36.4 Å². The van der Waals surface area contributed by atoms with E-state index in [2.05, 4.69) is 15.0 Å². The quantitative estimate of drug-likeness (QED) is 0.411. The zero-order valence-corrected chi connectivity index (χ0v) is 18.8. The molecule has 1 saturated heterocycles. The molecule has 0 unspecified atom stereocenters. The Balaban J connectivity index is 1.12. The number of fused-ring (bicyclic) bond motifs is 1. The van der Waals surface area contributed by atoms with Crippen LogP contribution >= 0.6 is 0 Å². The molecule has 3 heterocycles. The van der Waals surface area contributed by atoms with E-state index in [4.69, 9.17) is 13.7 Å². The Morgan fingerprint density at radius 3 is 2.59 bits per heavy atom. The number of aromatic nitrogens is 3. The largest absolute Gasteiger partial charge is 0.497 e. The molecule has 0 N–H and O–H groups in total. The number of carbonyl (C=O) groups excluding carboxylic acids is 1. The van der Waals surface area contributed by atoms with Gasteiger partial charge in [0.15, 0.2) is 5.58 Å². The van der Waals surface area contributed by atoms with E-state index < -0.39 is 5.76 Å². The highest BCUT2D eigenvalue weighted by Crippen LogP contribution is 2.20. The summed E-state index contributed by atoms with van der Waals surface area (Å²) in [6.07, 6.45) is 0.248. The molecule has 0 bridgehead atoms. The van der Waals surface area contributed by atoms with Crippen LogP contribution in [-0.4, -0.2) is 63.7 Å². The van der Waals surface area contributed by atoms with Gasteiger partial charge in [-0.1, -0.05) is 17.3 Å². The third kappa shape index (κ3) is 4.58. The van der Waals surface area contributed by atoms with Crippen molar-refractivity contribution in [3.63, 3.8) is 0 Å². The summed E-state index contributed by atoms with van der Waals surface area (Å²) in [5.74, 6) is 1.43. The number of hydrogen-bond donors (Lipinski definition) is 0. The average molecular weight is 463 g/mol. The smallest absolute Gasteiger partial charge is 0.419 e. The van der Waals surface area contributed by atoms with Crippen LogP contribution in [0.2, 0.25) is 0 Å². The number of aryl methyl sites for hydroxylation is 1. The zero-order valence-electron chi connectivity index (χ0n) is 18.8. The van der Waals surface area contributed by atoms with Crippen LogP contribution in [0.25, 0.3) is 22.5 Å². The van der Waals surface area contributed by atoms with E-state index >= 15 is 0 Å². The molecule has 0 radical (unpaired) electrons. The molecule has 10 nitrogen and oxygen atoms in total. The van der Waals surface area contributed by atoms with Crippen LogP contribution in [0.4, 0.5) is 0 Å². The molecule has 1 fully saturated rings. The maximum absolute atomic E-state index is 12.7. The molecule has 10 heteroatoms. The number of hydrogen-bond acceptors (Lipinski definition) is 8. The van der Waals surface area contributed by atoms with Crippen molar-refractivity contribution in [2.24, 2.45) is 0 Å². The third-order valence-corrected chi connectivity index (χ3v) is 6.02. The van der Waals surface area contributed by atoms with Gasteiger partial charge in [-0.3, -0.25) is 14.3 Å². The Morgan fingerprint density at radius 1 is 1.06 bits per heavy atom. The number of benzene rings is 2. The number of piperazine rings is 1. The summed E-state index contributed by atoms with van der Waals surface area (Å²) in [6, 6.07) is 14.7. The first-order valence-electron chi connectivity index (χ1n) is 11.2. The van der Waals surface area contributed by atoms with Crippen LogP contribution in [0.5, 0.6) is 5.75 Å². The van der Waals surface area contributed by atoms with E-state index in [0.717, 1.165) is 11.3 Å². The van der Waals surface area contributed by atoms with E-state index in [1.807, 2.05) is 47.4 Å². The van der Waals surface area contributed by atoms with Gasteiger partial charge in [-0.15, -0.1) is 0 Å². The summed E-state index contributed by atoms with van der Waals surface area (Å²) in [5.41, 5.74) is 2.10. The van der Waals surface area contributed by atoms with Crippen LogP contribution in [0.15, 0.2) is 62.3 Å². The van der Waals surface area contributed by atoms with E-state index in [0.29, 0.717) is 62.1 Å². The maximum atomic E-state index is 12.7. The fourth-order valence-corrected chi connectivity index (χ4v) is 4.11. The lowest BCUT2D eigenvalue weighted by Gasteiger charge is -2.34. The van der Waals surface area contributed by atoms with Crippen molar-refractivity contribution in [1.82, 2.24) is 24.5 Å². The fourth-order valence-electron chi connectivity index (χ4n) is 4.11. The fraction of sp³-hybridized carbons (Fsp3) is 0.333. The number of ether oxygens (including phenoxy) is 1. The Bertz CT molecular complexity index is 1330. The second kappa shape index (κ2) is 9.52. The van der Waals surface area contributed by atoms with Gasteiger partial charge in [0.25, 0.3) is 0 Å². The normalized spacial score (nSPS) is 14.6. The second-order valence-electron chi connectivity index (χ2n) is 8.13. The third-order valence-electron chi connectivity index (χ3n) is 6.02. The monoisotopic (exact) mass is 463 g/mol. The molecular weight excluding hydrogens is 438 g/mol. The SMILES string of the molecule is COc1ccc(-c2noc(CN3CCN(C(=O)CCn4c(=O)oc5ccccc54)CC3)n2)cc1. The first-order chi connectivity index (χ1) is 16.6. The van der Waals surface area contributed by atoms with Crippen molar-refractivity contribution in [2.75, 3.05) is 33.3 Å². The van der Waals surface area contributed by atoms with E-state index in [9.17, 15) is 9.59 Å². The van der Waals surface area contributed by atoms with Crippen molar-refractivity contribution in [3.8, 4) is 17.1 Å². The Labute approximate surface area is 195 Å². The summed E-state index contributed by atoms with van der Waals surface area (Å²) in [4.78, 5) is 33.3. The van der Waals surface area contributed by atoms with Crippen LogP contribution in [-0.2, 0) is 17.9 Å². The molecule has 34 heavy (non-hydrogen) atoms. The lowest BCUT2D eigenvalue weighted by atomic mass is 10.2. The lowest BCUT2D eigenvalue weighted by Crippen LogP contribution is -2.48. The van der Waals surface area contributed by atoms with Crippen LogP contribution in [0.3, 0.4) is 0 Å². The molecule has 1 aliphatic rings. The maximum Gasteiger partial charge on any atom is 0.419 e. The Hall–Kier alpha value is -3.92. The first kappa shape index (κ1) is 21.9. The molecule has 0 atom stereocenters. The highest BCUT2D eigenvalue weighted by molar-refractivity contribution is 5.77. The minimum absolute atomic E-state index is 0.0245. The number of methoxy groups -OCH3 is 1. The molecular formula is C24H25N5O5. The minimum Gasteiger partial charge on any atom is -0.497 e. The predicted molar refractivity (Wildman–Crippen MR) is 123 cm³/mol. The predicted octanol–water partition coefficient (Wildman–Crippen LogP) is 2.39. The van der Waals surface area contributed by atoms with Gasteiger partial charge in [0, 0.05) is 44.7 Å². The van der Waals surface area contributed by atoms with Crippen LogP contribution in [0, 0.1) is 0 Å². The molecule has 0 saturated carbocycles. The molecule has 2 aromatic carbocycles. The van der Waals surface area contributed by atoms with Gasteiger partial charge in [0.2, 0.25) is 17.6 Å². The number of rotatable bonds is 7. The summed E-state index contributed by atoms with van der Waals surface area (Å²) in [7, 11) is 1.62. The van der Waals surface area contributed by atoms with E-state index in [-0.39, 0.29) is 12.3 Å². The second-order valence-corrected chi connectivity index (χ2v) is 8.13. The van der Waals surface area contributed by atoms with Crippen molar-refractivity contribution in [1.29, 1.82) is 0 Å². The zero-order chi connectivity index (χ0) is 23.5. The standard InChI is InChI=1S/C24H25N5O5/c1-32-18-8-6-17(7-9-18)23-25-21(34-26-23)16-27-12-14-28(15-13-27)22(30)10-11-29-19-4-2-3-5-20(19)33-24(29)31/h2-9H,10-16H2,1H3. The molecule has 4 aromatic rings. The van der Waals surface area contributed by atoms with Gasteiger partial charge in [0.1, 0.15) is 5.75 Å². The van der Waals surface area contributed by atoms with Crippen molar-refractivity contribution in [3.05, 3.63) is 65.0 Å². The number of nitrogens with zero attached hydrogens (tertiary/aromatic N) is 5. The minimum atomic E-state index is -0.438. The lowest BCUT2D eigenvalue weighted by molar-refractivity contribution is -0.133. The Morgan fingerprint density at radius 2 is 1.82 bits per heavy atom. The van der Waals surface area contributed by atoms with Gasteiger partial charge in [-0.2, -0.15) is 4.98 Å². The van der Waals surface area contributed by atoms with Gasteiger partial charge in [-0.25, -0.2) is 4.79 Å². The Kier molecular flexibility index (Phi) is 6.13. The van der Waals surface area contributed by atoms with E-state index in [1.54, 1.807) is 13.2 Å². The summed E-state index contributed by atoms with van der Waals surface area (Å²) < 4.78 is 17.3. The summed E-state index contributed by atoms with van der Waals surface area (Å²) >= 11 is 0. The van der Waals surface area contributed by atoms with Crippen LogP contribution < -0.4 is 10.5 Å². The average Bonchev–Trinajstić information content (AvgIpc) is 3.46. The van der Waals surface area contributed by atoms with Crippen molar-refractivity contribution in [2.45, 2.75) is 19.5 Å². The number of para-hydroxylation sites is 2. The van der Waals surface area contributed by atoms with Crippen molar-refractivity contribution < 1.29 is 18.5 Å². The molecule has 0 spiro atoms. The van der Waals surface area contributed by atoms with Gasteiger partial charge >= 0.3 is 5.76 Å².